The molecule has 0 bridgehead atoms. The summed E-state index contributed by atoms with van der Waals surface area (Å²) in [6.45, 7) is 8.59. The summed E-state index contributed by atoms with van der Waals surface area (Å²) in [6, 6.07) is 9.03. The van der Waals surface area contributed by atoms with Gasteiger partial charge in [0, 0.05) is 19.1 Å². The molecule has 0 aromatic heterocycles. The lowest BCUT2D eigenvalue weighted by molar-refractivity contribution is -0.0450. The maximum atomic E-state index is 6.02. The first kappa shape index (κ1) is 15.5. The van der Waals surface area contributed by atoms with Crippen molar-refractivity contribution in [2.45, 2.75) is 38.8 Å². The van der Waals surface area contributed by atoms with Gasteiger partial charge >= 0.3 is 0 Å². The van der Waals surface area contributed by atoms with Gasteiger partial charge < -0.3 is 10.1 Å². The molecule has 2 atom stereocenters. The fourth-order valence-corrected chi connectivity index (χ4v) is 2.99. The molecule has 0 amide bonds. The molecular weight excluding hydrogens is 248 g/mol. The molecule has 3 heteroatoms. The van der Waals surface area contributed by atoms with Crippen molar-refractivity contribution in [3.63, 3.8) is 0 Å². The molecule has 0 radical (unpaired) electrons. The van der Waals surface area contributed by atoms with Crippen molar-refractivity contribution in [1.29, 1.82) is 0 Å². The van der Waals surface area contributed by atoms with Crippen molar-refractivity contribution in [2.24, 2.45) is 0 Å². The quantitative estimate of drug-likeness (QED) is 0.862. The van der Waals surface area contributed by atoms with E-state index in [-0.39, 0.29) is 0 Å². The van der Waals surface area contributed by atoms with Gasteiger partial charge in [-0.3, -0.25) is 4.90 Å². The number of morpholine rings is 1. The van der Waals surface area contributed by atoms with Crippen LogP contribution in [0.4, 0.5) is 0 Å². The maximum absolute atomic E-state index is 6.02. The molecule has 2 unspecified atom stereocenters. The smallest absolute Gasteiger partial charge is 0.0858 e. The average Bonchev–Trinajstić information content (AvgIpc) is 2.47. The van der Waals surface area contributed by atoms with Gasteiger partial charge in [-0.2, -0.15) is 0 Å². The van der Waals surface area contributed by atoms with Crippen LogP contribution in [0.3, 0.4) is 0 Å². The van der Waals surface area contributed by atoms with E-state index in [0.717, 1.165) is 26.1 Å². The summed E-state index contributed by atoms with van der Waals surface area (Å²) < 4.78 is 6.02. The van der Waals surface area contributed by atoms with Gasteiger partial charge in [0.25, 0.3) is 0 Å². The molecule has 1 N–H and O–H groups in total. The number of likely N-dealkylation sites (N-methyl/N-ethyl adjacent to an activating group) is 1. The van der Waals surface area contributed by atoms with Crippen LogP contribution >= 0.6 is 0 Å². The molecule has 1 fully saturated rings. The van der Waals surface area contributed by atoms with E-state index in [4.69, 9.17) is 4.74 Å². The molecule has 2 rings (SSSR count). The summed E-state index contributed by atoms with van der Waals surface area (Å²) in [5.74, 6) is 0. The first-order valence-corrected chi connectivity index (χ1v) is 7.80. The lowest BCUT2D eigenvalue weighted by Gasteiger charge is -2.37. The highest BCUT2D eigenvalue weighted by atomic mass is 16.5. The Morgan fingerprint density at radius 1 is 1.40 bits per heavy atom. The summed E-state index contributed by atoms with van der Waals surface area (Å²) in [6.07, 6.45) is 2.54. The highest BCUT2D eigenvalue weighted by Crippen LogP contribution is 2.16. The Labute approximate surface area is 123 Å². The fraction of sp³-hybridized carbons (Fsp3) is 0.647. The van der Waals surface area contributed by atoms with Gasteiger partial charge in [-0.15, -0.1) is 0 Å². The third kappa shape index (κ3) is 4.05. The second kappa shape index (κ2) is 7.77. The second-order valence-corrected chi connectivity index (χ2v) is 5.74. The van der Waals surface area contributed by atoms with Gasteiger partial charge in [-0.25, -0.2) is 0 Å². The molecule has 1 aliphatic rings. The van der Waals surface area contributed by atoms with Crippen LogP contribution in [0.1, 0.15) is 24.5 Å². The van der Waals surface area contributed by atoms with Gasteiger partial charge in [0.15, 0.2) is 0 Å². The number of ether oxygens (including phenoxy) is 1. The molecule has 0 spiro atoms. The highest BCUT2D eigenvalue weighted by molar-refractivity contribution is 5.26. The molecule has 112 valence electrons. The Kier molecular flexibility index (Phi) is 6.02. The van der Waals surface area contributed by atoms with Crippen LogP contribution < -0.4 is 5.32 Å². The van der Waals surface area contributed by atoms with Crippen molar-refractivity contribution >= 4 is 0 Å². The molecular formula is C17H28N2O. The summed E-state index contributed by atoms with van der Waals surface area (Å²) >= 11 is 0. The number of hydrogen-bond donors (Lipinski definition) is 1. The minimum Gasteiger partial charge on any atom is -0.374 e. The zero-order valence-corrected chi connectivity index (χ0v) is 13.1. The van der Waals surface area contributed by atoms with Crippen LogP contribution in [0.2, 0.25) is 0 Å². The summed E-state index contributed by atoms with van der Waals surface area (Å²) in [4.78, 5) is 2.52. The number of benzene rings is 1. The number of nitrogens with one attached hydrogen (secondary N) is 1. The fourth-order valence-electron chi connectivity index (χ4n) is 2.99. The average molecular weight is 276 g/mol. The predicted octanol–water partition coefficient (Wildman–Crippen LogP) is 2.24. The van der Waals surface area contributed by atoms with Gasteiger partial charge in [0.05, 0.1) is 12.7 Å². The van der Waals surface area contributed by atoms with Crippen LogP contribution in [0.5, 0.6) is 0 Å². The Balaban J connectivity index is 1.99. The number of nitrogens with zero attached hydrogens (tertiary/aromatic N) is 1. The number of aryl methyl sites for hydroxylation is 1. The van der Waals surface area contributed by atoms with Gasteiger partial charge in [-0.1, -0.05) is 31.2 Å². The standard InChI is InChI=1S/C17H28N2O/c1-4-9-19-10-11-20-17(13-19)16(18-3)12-15-8-6-5-7-14(15)2/h5-8,16-18H,4,9-13H2,1-3H3. The van der Waals surface area contributed by atoms with Gasteiger partial charge in [0.1, 0.15) is 0 Å². The van der Waals surface area contributed by atoms with Gasteiger partial charge in [0.2, 0.25) is 0 Å². The first-order chi connectivity index (χ1) is 9.74. The van der Waals surface area contributed by atoms with E-state index >= 15 is 0 Å². The molecule has 0 aliphatic carbocycles. The normalized spacial score (nSPS) is 21.9. The van der Waals surface area contributed by atoms with Gasteiger partial charge in [-0.05, 0) is 44.5 Å². The molecule has 1 aliphatic heterocycles. The summed E-state index contributed by atoms with van der Waals surface area (Å²) in [5, 5.41) is 3.46. The van der Waals surface area contributed by atoms with Crippen LogP contribution in [0.15, 0.2) is 24.3 Å². The molecule has 1 aromatic rings. The lowest BCUT2D eigenvalue weighted by Crippen LogP contribution is -2.52. The Morgan fingerprint density at radius 3 is 2.90 bits per heavy atom. The van der Waals surface area contributed by atoms with E-state index in [1.807, 2.05) is 7.05 Å². The number of hydrogen-bond acceptors (Lipinski definition) is 3. The molecule has 1 heterocycles. The lowest BCUT2D eigenvalue weighted by atomic mass is 9.97. The van der Waals surface area contributed by atoms with Crippen LogP contribution in [0, 0.1) is 6.92 Å². The Morgan fingerprint density at radius 2 is 2.20 bits per heavy atom. The molecule has 20 heavy (non-hydrogen) atoms. The van der Waals surface area contributed by atoms with E-state index in [1.54, 1.807) is 0 Å². The minimum absolute atomic E-state index is 0.292. The van der Waals surface area contributed by atoms with Crippen molar-refractivity contribution < 1.29 is 4.74 Å². The van der Waals surface area contributed by atoms with E-state index < -0.39 is 0 Å². The first-order valence-electron chi connectivity index (χ1n) is 7.80. The maximum Gasteiger partial charge on any atom is 0.0858 e. The Hall–Kier alpha value is -0.900. The third-order valence-electron chi connectivity index (χ3n) is 4.24. The summed E-state index contributed by atoms with van der Waals surface area (Å²) in [7, 11) is 2.05. The Bertz CT molecular complexity index is 406. The van der Waals surface area contributed by atoms with Crippen molar-refractivity contribution in [2.75, 3.05) is 33.3 Å². The number of rotatable bonds is 6. The third-order valence-corrected chi connectivity index (χ3v) is 4.24. The highest BCUT2D eigenvalue weighted by Gasteiger charge is 2.27. The van der Waals surface area contributed by atoms with Crippen LogP contribution in [-0.4, -0.2) is 50.3 Å². The SMILES string of the molecule is CCCN1CCOC(C(Cc2ccccc2C)NC)C1. The predicted molar refractivity (Wildman–Crippen MR) is 84.2 cm³/mol. The van der Waals surface area contributed by atoms with Crippen molar-refractivity contribution in [3.05, 3.63) is 35.4 Å². The van der Waals surface area contributed by atoms with Crippen LogP contribution in [-0.2, 0) is 11.2 Å². The second-order valence-electron chi connectivity index (χ2n) is 5.74. The van der Waals surface area contributed by atoms with Crippen molar-refractivity contribution in [3.8, 4) is 0 Å². The monoisotopic (exact) mass is 276 g/mol. The zero-order chi connectivity index (χ0) is 14.4. The largest absolute Gasteiger partial charge is 0.374 e. The molecule has 3 nitrogen and oxygen atoms in total. The molecule has 0 saturated carbocycles. The van der Waals surface area contributed by atoms with E-state index in [1.165, 1.54) is 24.1 Å². The molecule has 1 saturated heterocycles. The van der Waals surface area contributed by atoms with E-state index in [2.05, 4.69) is 48.3 Å². The van der Waals surface area contributed by atoms with E-state index in [9.17, 15) is 0 Å². The minimum atomic E-state index is 0.292. The van der Waals surface area contributed by atoms with Crippen LogP contribution in [0.25, 0.3) is 0 Å². The molecule has 1 aromatic carbocycles. The van der Waals surface area contributed by atoms with E-state index in [0.29, 0.717) is 12.1 Å². The van der Waals surface area contributed by atoms with Crippen molar-refractivity contribution in [1.82, 2.24) is 10.2 Å². The summed E-state index contributed by atoms with van der Waals surface area (Å²) in [5.41, 5.74) is 2.79. The zero-order valence-electron chi connectivity index (χ0n) is 13.1. The topological polar surface area (TPSA) is 24.5 Å².